The number of aromatic nitrogens is 2. The second-order valence-electron chi connectivity index (χ2n) is 5.36. The molecule has 0 saturated carbocycles. The Hall–Kier alpha value is -2.31. The zero-order chi connectivity index (χ0) is 18.0. The van der Waals surface area contributed by atoms with Gasteiger partial charge in [-0.3, -0.25) is 0 Å². The van der Waals surface area contributed by atoms with Crippen molar-refractivity contribution < 1.29 is 4.74 Å². The quantitative estimate of drug-likeness (QED) is 0.727. The molecule has 0 fully saturated rings. The normalized spacial score (nSPS) is 14.2. The second-order valence-corrected chi connectivity index (χ2v) is 6.52. The number of nitrogens with zero attached hydrogens (tertiary/aromatic N) is 4. The van der Waals surface area contributed by atoms with Gasteiger partial charge in [0.1, 0.15) is 16.7 Å². The van der Waals surface area contributed by atoms with Gasteiger partial charge in [-0.15, -0.1) is 0 Å². The van der Waals surface area contributed by atoms with Crippen LogP contribution in [0.4, 0.5) is 0 Å². The summed E-state index contributed by atoms with van der Waals surface area (Å²) in [6, 6.07) is 7.19. The van der Waals surface area contributed by atoms with Crippen LogP contribution >= 0.6 is 23.4 Å². The standard InChI is InChI=1S/C18H17ClN4OS/c1-11-16(24-13-7-8-20-17(19)9-13)6-5-15(22-11)14-10-21-18(25-4)23(3)12(14)2/h5-10H,2H2,1,3-4H3. The summed E-state index contributed by atoms with van der Waals surface area (Å²) in [6.07, 6.45) is 5.39. The van der Waals surface area contributed by atoms with Gasteiger partial charge in [0.2, 0.25) is 0 Å². The molecule has 1 aliphatic heterocycles. The fourth-order valence-electron chi connectivity index (χ4n) is 2.36. The van der Waals surface area contributed by atoms with E-state index < -0.39 is 0 Å². The van der Waals surface area contributed by atoms with Crippen LogP contribution in [0.5, 0.6) is 11.5 Å². The molecule has 7 heteroatoms. The zero-order valence-electron chi connectivity index (χ0n) is 14.2. The third kappa shape index (κ3) is 3.70. The molecule has 3 rings (SSSR count). The van der Waals surface area contributed by atoms with Crippen LogP contribution in [0, 0.1) is 6.92 Å². The Balaban J connectivity index is 1.89. The molecular weight excluding hydrogens is 356 g/mol. The number of aliphatic imine (C=N–C) groups is 1. The van der Waals surface area contributed by atoms with E-state index in [0.29, 0.717) is 16.7 Å². The summed E-state index contributed by atoms with van der Waals surface area (Å²) in [6.45, 7) is 6.05. The monoisotopic (exact) mass is 372 g/mol. The molecule has 0 N–H and O–H groups in total. The minimum atomic E-state index is 0.383. The van der Waals surface area contributed by atoms with Gasteiger partial charge in [0.25, 0.3) is 0 Å². The number of rotatable bonds is 3. The van der Waals surface area contributed by atoms with Crippen LogP contribution in [-0.4, -0.2) is 33.3 Å². The molecule has 0 aromatic carbocycles. The number of likely N-dealkylation sites (N-methyl/N-ethyl adjacent to an activating group) is 1. The Labute approximate surface area is 156 Å². The van der Waals surface area contributed by atoms with Crippen molar-refractivity contribution >= 4 is 34.1 Å². The van der Waals surface area contributed by atoms with Crippen LogP contribution in [0.3, 0.4) is 0 Å². The number of hydrogen-bond donors (Lipinski definition) is 0. The maximum Gasteiger partial charge on any atom is 0.167 e. The zero-order valence-corrected chi connectivity index (χ0v) is 15.7. The number of hydrogen-bond acceptors (Lipinski definition) is 6. The van der Waals surface area contributed by atoms with Gasteiger partial charge >= 0.3 is 0 Å². The Morgan fingerprint density at radius 1 is 1.28 bits per heavy atom. The van der Waals surface area contributed by atoms with E-state index in [1.165, 1.54) is 0 Å². The largest absolute Gasteiger partial charge is 0.455 e. The van der Waals surface area contributed by atoms with Gasteiger partial charge in [-0.2, -0.15) is 0 Å². The summed E-state index contributed by atoms with van der Waals surface area (Å²) in [5.74, 6) is 1.28. The summed E-state index contributed by atoms with van der Waals surface area (Å²) >= 11 is 7.47. The number of ether oxygens (including phenoxy) is 1. The van der Waals surface area contributed by atoms with Gasteiger partial charge in [0.05, 0.1) is 11.4 Å². The van der Waals surface area contributed by atoms with E-state index in [1.807, 2.05) is 37.3 Å². The number of halogens is 1. The van der Waals surface area contributed by atoms with Gasteiger partial charge in [-0.25, -0.2) is 15.0 Å². The van der Waals surface area contributed by atoms with Crippen molar-refractivity contribution in [1.82, 2.24) is 14.9 Å². The lowest BCUT2D eigenvalue weighted by molar-refractivity contribution is 0.475. The van der Waals surface area contributed by atoms with Crippen molar-refractivity contribution in [3.05, 3.63) is 65.5 Å². The molecule has 1 aliphatic rings. The lowest BCUT2D eigenvalue weighted by atomic mass is 10.1. The van der Waals surface area contributed by atoms with E-state index in [4.69, 9.17) is 16.3 Å². The minimum absolute atomic E-state index is 0.383. The summed E-state index contributed by atoms with van der Waals surface area (Å²) in [4.78, 5) is 15.0. The van der Waals surface area contributed by atoms with E-state index in [9.17, 15) is 0 Å². The molecule has 3 heterocycles. The smallest absolute Gasteiger partial charge is 0.167 e. The van der Waals surface area contributed by atoms with Crippen molar-refractivity contribution in [1.29, 1.82) is 0 Å². The molecule has 128 valence electrons. The van der Waals surface area contributed by atoms with Crippen molar-refractivity contribution in [2.24, 2.45) is 4.99 Å². The molecule has 25 heavy (non-hydrogen) atoms. The van der Waals surface area contributed by atoms with Gasteiger partial charge < -0.3 is 9.64 Å². The van der Waals surface area contributed by atoms with Crippen molar-refractivity contribution in [3.63, 3.8) is 0 Å². The van der Waals surface area contributed by atoms with E-state index in [0.717, 1.165) is 27.8 Å². The number of pyridine rings is 2. The number of aryl methyl sites for hydroxylation is 1. The van der Waals surface area contributed by atoms with Crippen molar-refractivity contribution in [3.8, 4) is 11.5 Å². The highest BCUT2D eigenvalue weighted by Gasteiger charge is 2.20. The molecule has 2 aromatic heterocycles. The molecule has 0 bridgehead atoms. The fourth-order valence-corrected chi connectivity index (χ4v) is 3.07. The highest BCUT2D eigenvalue weighted by atomic mass is 35.5. The Kier molecular flexibility index (Phi) is 5.11. The first-order chi connectivity index (χ1) is 12.0. The number of amidine groups is 1. The third-order valence-electron chi connectivity index (χ3n) is 3.73. The van der Waals surface area contributed by atoms with Gasteiger partial charge in [-0.1, -0.05) is 29.9 Å². The second kappa shape index (κ2) is 7.29. The molecule has 0 radical (unpaired) electrons. The Morgan fingerprint density at radius 2 is 2.08 bits per heavy atom. The number of allylic oxidation sites excluding steroid dienone is 1. The maximum atomic E-state index is 5.89. The number of thioether (sulfide) groups is 1. The summed E-state index contributed by atoms with van der Waals surface area (Å²) < 4.78 is 5.84. The highest BCUT2D eigenvalue weighted by molar-refractivity contribution is 8.13. The molecule has 0 spiro atoms. The molecule has 0 saturated heterocycles. The summed E-state index contributed by atoms with van der Waals surface area (Å²) in [5.41, 5.74) is 3.32. The third-order valence-corrected chi connectivity index (χ3v) is 4.68. The Bertz CT molecular complexity index is 894. The topological polar surface area (TPSA) is 50.6 Å². The van der Waals surface area contributed by atoms with E-state index in [-0.39, 0.29) is 0 Å². The SMILES string of the molecule is C=C1C(c2ccc(Oc3ccnc(Cl)c3)c(C)n2)=CN=C(SC)N1C. The van der Waals surface area contributed by atoms with Crippen LogP contribution in [0.15, 0.2) is 53.9 Å². The lowest BCUT2D eigenvalue weighted by Gasteiger charge is -2.26. The fraction of sp³-hybridized carbons (Fsp3) is 0.167. The van der Waals surface area contributed by atoms with Crippen molar-refractivity contribution in [2.75, 3.05) is 13.3 Å². The first-order valence-corrected chi connectivity index (χ1v) is 9.12. The molecular formula is C18H17ClN4OS. The first kappa shape index (κ1) is 17.5. The van der Waals surface area contributed by atoms with Crippen LogP contribution in [0.2, 0.25) is 5.15 Å². The highest BCUT2D eigenvalue weighted by Crippen LogP contribution is 2.31. The van der Waals surface area contributed by atoms with Crippen molar-refractivity contribution in [2.45, 2.75) is 6.92 Å². The van der Waals surface area contributed by atoms with Crippen LogP contribution < -0.4 is 4.74 Å². The van der Waals surface area contributed by atoms with Gasteiger partial charge in [0, 0.05) is 36.8 Å². The molecule has 0 atom stereocenters. The minimum Gasteiger partial charge on any atom is -0.455 e. The molecule has 0 aliphatic carbocycles. The molecule has 5 nitrogen and oxygen atoms in total. The maximum absolute atomic E-state index is 5.89. The predicted octanol–water partition coefficient (Wildman–Crippen LogP) is 4.75. The average Bonchev–Trinajstić information content (AvgIpc) is 2.59. The predicted molar refractivity (Wildman–Crippen MR) is 104 cm³/mol. The summed E-state index contributed by atoms with van der Waals surface area (Å²) in [7, 11) is 1.95. The average molecular weight is 373 g/mol. The Morgan fingerprint density at radius 3 is 2.76 bits per heavy atom. The van der Waals surface area contributed by atoms with Gasteiger partial charge in [0.15, 0.2) is 5.17 Å². The van der Waals surface area contributed by atoms with E-state index in [1.54, 1.807) is 36.3 Å². The van der Waals surface area contributed by atoms with E-state index >= 15 is 0 Å². The molecule has 0 amide bonds. The summed E-state index contributed by atoms with van der Waals surface area (Å²) in [5, 5.41) is 1.29. The van der Waals surface area contributed by atoms with Crippen LogP contribution in [0.25, 0.3) is 5.57 Å². The lowest BCUT2D eigenvalue weighted by Crippen LogP contribution is -2.26. The molecule has 2 aromatic rings. The van der Waals surface area contributed by atoms with Crippen LogP contribution in [0.1, 0.15) is 11.4 Å². The van der Waals surface area contributed by atoms with E-state index in [2.05, 4.69) is 21.5 Å². The molecule has 0 unspecified atom stereocenters. The van der Waals surface area contributed by atoms with Crippen LogP contribution in [-0.2, 0) is 0 Å². The van der Waals surface area contributed by atoms with Gasteiger partial charge in [-0.05, 0) is 31.4 Å². The first-order valence-electron chi connectivity index (χ1n) is 7.52.